The second-order valence-electron chi connectivity index (χ2n) is 10.8. The minimum atomic E-state index is -0.344. The van der Waals surface area contributed by atoms with Gasteiger partial charge < -0.3 is 35.4 Å². The normalized spacial score (nSPS) is 13.9. The van der Waals surface area contributed by atoms with Crippen molar-refractivity contribution in [1.29, 1.82) is 0 Å². The van der Waals surface area contributed by atoms with Crippen molar-refractivity contribution in [3.05, 3.63) is 77.9 Å². The molecule has 1 heterocycles. The Balaban J connectivity index is 1.27. The van der Waals surface area contributed by atoms with E-state index in [1.807, 2.05) is 26.0 Å². The molecule has 9 heteroatoms. The largest absolute Gasteiger partial charge is 0.490 e. The SMILES string of the molecule is CCCCN1CCC(Oc2ccc(C(=O)Nc3ccc(Oc4ccc(NC(=O)NC(C)C)c(CO)c4)cc3)cc2)CC1. The van der Waals surface area contributed by atoms with Crippen LogP contribution in [-0.4, -0.2) is 53.7 Å². The third kappa shape index (κ3) is 9.22. The van der Waals surface area contributed by atoms with E-state index in [4.69, 9.17) is 9.47 Å². The van der Waals surface area contributed by atoms with Crippen LogP contribution in [0.3, 0.4) is 0 Å². The Morgan fingerprint density at radius 3 is 2.24 bits per heavy atom. The highest BCUT2D eigenvalue weighted by molar-refractivity contribution is 6.04. The Morgan fingerprint density at radius 1 is 0.929 bits per heavy atom. The molecule has 1 saturated heterocycles. The zero-order valence-corrected chi connectivity index (χ0v) is 24.7. The maximum atomic E-state index is 12.8. The summed E-state index contributed by atoms with van der Waals surface area (Å²) in [7, 11) is 0. The zero-order valence-electron chi connectivity index (χ0n) is 24.7. The lowest BCUT2D eigenvalue weighted by molar-refractivity contribution is 0.0996. The summed E-state index contributed by atoms with van der Waals surface area (Å²) >= 11 is 0. The fourth-order valence-corrected chi connectivity index (χ4v) is 4.76. The van der Waals surface area contributed by atoms with Crippen molar-refractivity contribution in [3.63, 3.8) is 0 Å². The monoisotopic (exact) mass is 574 g/mol. The maximum absolute atomic E-state index is 12.8. The van der Waals surface area contributed by atoms with Crippen molar-refractivity contribution in [3.8, 4) is 17.2 Å². The summed E-state index contributed by atoms with van der Waals surface area (Å²) in [4.78, 5) is 27.3. The van der Waals surface area contributed by atoms with E-state index in [0.717, 1.165) is 31.7 Å². The number of benzene rings is 3. The molecule has 0 spiro atoms. The first-order valence-electron chi connectivity index (χ1n) is 14.7. The first-order chi connectivity index (χ1) is 20.3. The number of nitrogens with one attached hydrogen (secondary N) is 3. The molecule has 1 fully saturated rings. The van der Waals surface area contributed by atoms with E-state index in [9.17, 15) is 14.7 Å². The number of anilines is 2. The summed E-state index contributed by atoms with van der Waals surface area (Å²) in [6.07, 6.45) is 4.72. The van der Waals surface area contributed by atoms with Crippen molar-refractivity contribution in [1.82, 2.24) is 10.2 Å². The topological polar surface area (TPSA) is 112 Å². The maximum Gasteiger partial charge on any atom is 0.319 e. The average molecular weight is 575 g/mol. The van der Waals surface area contributed by atoms with Crippen LogP contribution in [0.15, 0.2) is 66.7 Å². The lowest BCUT2D eigenvalue weighted by Crippen LogP contribution is -2.38. The van der Waals surface area contributed by atoms with Gasteiger partial charge in [0.25, 0.3) is 5.91 Å². The predicted molar refractivity (Wildman–Crippen MR) is 166 cm³/mol. The second-order valence-corrected chi connectivity index (χ2v) is 10.8. The molecule has 0 aliphatic carbocycles. The number of carbonyl (C=O) groups is 2. The molecule has 3 aromatic rings. The van der Waals surface area contributed by atoms with E-state index < -0.39 is 0 Å². The van der Waals surface area contributed by atoms with Gasteiger partial charge in [-0.2, -0.15) is 0 Å². The Morgan fingerprint density at radius 2 is 1.60 bits per heavy atom. The van der Waals surface area contributed by atoms with Gasteiger partial charge in [0.05, 0.1) is 6.61 Å². The van der Waals surface area contributed by atoms with Crippen molar-refractivity contribution in [2.75, 3.05) is 30.3 Å². The molecule has 4 rings (SSSR count). The van der Waals surface area contributed by atoms with Crippen LogP contribution in [0, 0.1) is 0 Å². The van der Waals surface area contributed by atoms with Crippen molar-refractivity contribution in [2.45, 2.75) is 65.2 Å². The van der Waals surface area contributed by atoms with Gasteiger partial charge in [0.1, 0.15) is 23.4 Å². The number of ether oxygens (including phenoxy) is 2. The number of amides is 3. The number of hydrogen-bond donors (Lipinski definition) is 4. The summed E-state index contributed by atoms with van der Waals surface area (Å²) in [6.45, 7) is 9.01. The van der Waals surface area contributed by atoms with Gasteiger partial charge in [-0.1, -0.05) is 13.3 Å². The first kappa shape index (κ1) is 30.9. The van der Waals surface area contributed by atoms with Gasteiger partial charge in [0.2, 0.25) is 0 Å². The van der Waals surface area contributed by atoms with Crippen LogP contribution in [0.4, 0.5) is 16.2 Å². The molecule has 1 aliphatic heterocycles. The molecule has 42 heavy (non-hydrogen) atoms. The van der Waals surface area contributed by atoms with Gasteiger partial charge in [-0.25, -0.2) is 4.79 Å². The van der Waals surface area contributed by atoms with Crippen LogP contribution < -0.4 is 25.4 Å². The van der Waals surface area contributed by atoms with Gasteiger partial charge in [-0.15, -0.1) is 0 Å². The van der Waals surface area contributed by atoms with E-state index in [2.05, 4.69) is 27.8 Å². The number of unbranched alkanes of at least 4 members (excludes halogenated alkanes) is 1. The number of likely N-dealkylation sites (tertiary alicyclic amines) is 1. The number of aliphatic hydroxyl groups is 1. The third-order valence-electron chi connectivity index (χ3n) is 7.04. The molecular formula is C33H42N4O5. The van der Waals surface area contributed by atoms with Gasteiger partial charge in [-0.3, -0.25) is 4.79 Å². The highest BCUT2D eigenvalue weighted by Gasteiger charge is 2.20. The predicted octanol–water partition coefficient (Wildman–Crippen LogP) is 6.40. The number of hydrogen-bond acceptors (Lipinski definition) is 6. The summed E-state index contributed by atoms with van der Waals surface area (Å²) in [5, 5.41) is 18.2. The van der Waals surface area contributed by atoms with Gasteiger partial charge >= 0.3 is 6.03 Å². The summed E-state index contributed by atoms with van der Waals surface area (Å²) in [5.74, 6) is 1.64. The average Bonchev–Trinajstić information content (AvgIpc) is 2.98. The molecule has 9 nitrogen and oxygen atoms in total. The van der Waals surface area contributed by atoms with Crippen LogP contribution in [0.1, 0.15) is 62.4 Å². The Labute approximate surface area is 248 Å². The molecule has 4 N–H and O–H groups in total. The fraction of sp³-hybridized carbons (Fsp3) is 0.394. The molecule has 3 aromatic carbocycles. The molecule has 0 bridgehead atoms. The van der Waals surface area contributed by atoms with Crippen LogP contribution >= 0.6 is 0 Å². The molecule has 1 aliphatic rings. The van der Waals surface area contributed by atoms with E-state index in [1.165, 1.54) is 19.4 Å². The highest BCUT2D eigenvalue weighted by atomic mass is 16.5. The number of urea groups is 1. The third-order valence-corrected chi connectivity index (χ3v) is 7.04. The number of rotatable bonds is 12. The van der Waals surface area contributed by atoms with Crippen molar-refractivity contribution < 1.29 is 24.2 Å². The number of nitrogens with zero attached hydrogens (tertiary/aromatic N) is 1. The van der Waals surface area contributed by atoms with E-state index >= 15 is 0 Å². The summed E-state index contributed by atoms with van der Waals surface area (Å²) < 4.78 is 12.1. The number of carbonyl (C=O) groups excluding carboxylic acids is 2. The standard InChI is InChI=1S/C33H42N4O5/c1-4-5-18-37-19-16-29(17-20-37)41-27-10-6-24(7-11-27)32(39)35-26-8-12-28(13-9-26)42-30-14-15-31(25(21-30)22-38)36-33(40)34-23(2)3/h6-15,21,23,29,38H,4-5,16-20,22H2,1-3H3,(H,35,39)(H2,34,36,40). The van der Waals surface area contributed by atoms with E-state index in [0.29, 0.717) is 34.0 Å². The smallest absolute Gasteiger partial charge is 0.319 e. The Kier molecular flexibility index (Phi) is 11.2. The van der Waals surface area contributed by atoms with Gasteiger partial charge in [0, 0.05) is 41.6 Å². The van der Waals surface area contributed by atoms with Crippen molar-refractivity contribution in [2.24, 2.45) is 0 Å². The Hall–Kier alpha value is -4.08. The lowest BCUT2D eigenvalue weighted by Gasteiger charge is -2.32. The molecule has 224 valence electrons. The summed E-state index contributed by atoms with van der Waals surface area (Å²) in [5.41, 5.74) is 2.21. The van der Waals surface area contributed by atoms with Crippen LogP contribution in [0.2, 0.25) is 0 Å². The minimum absolute atomic E-state index is 0.00798. The number of aliphatic hydroxyl groups excluding tert-OH is 1. The number of piperidine rings is 1. The fourth-order valence-electron chi connectivity index (χ4n) is 4.76. The second kappa shape index (κ2) is 15.2. The molecule has 0 radical (unpaired) electrons. The first-order valence-corrected chi connectivity index (χ1v) is 14.7. The van der Waals surface area contributed by atoms with E-state index in [-0.39, 0.29) is 30.7 Å². The molecular weight excluding hydrogens is 532 g/mol. The van der Waals surface area contributed by atoms with Crippen LogP contribution in [-0.2, 0) is 6.61 Å². The minimum Gasteiger partial charge on any atom is -0.490 e. The van der Waals surface area contributed by atoms with Gasteiger partial charge in [-0.05, 0) is 106 Å². The lowest BCUT2D eigenvalue weighted by atomic mass is 10.1. The van der Waals surface area contributed by atoms with Crippen LogP contribution in [0.5, 0.6) is 17.2 Å². The van der Waals surface area contributed by atoms with Crippen LogP contribution in [0.25, 0.3) is 0 Å². The van der Waals surface area contributed by atoms with E-state index in [1.54, 1.807) is 54.6 Å². The molecule has 0 unspecified atom stereocenters. The molecule has 0 atom stereocenters. The molecule has 0 saturated carbocycles. The Bertz CT molecular complexity index is 1300. The highest BCUT2D eigenvalue weighted by Crippen LogP contribution is 2.28. The van der Waals surface area contributed by atoms with Gasteiger partial charge in [0.15, 0.2) is 0 Å². The molecule has 0 aromatic heterocycles. The van der Waals surface area contributed by atoms with Crippen molar-refractivity contribution >= 4 is 23.3 Å². The zero-order chi connectivity index (χ0) is 29.9. The molecule has 3 amide bonds. The summed E-state index contributed by atoms with van der Waals surface area (Å²) in [6, 6.07) is 19.0. The quantitative estimate of drug-likeness (QED) is 0.199.